The average molecular weight is 446 g/mol. The summed E-state index contributed by atoms with van der Waals surface area (Å²) in [6.07, 6.45) is 3.79. The van der Waals surface area contributed by atoms with Gasteiger partial charge in [-0.2, -0.15) is 0 Å². The van der Waals surface area contributed by atoms with Crippen LogP contribution in [0.5, 0.6) is 5.75 Å². The van der Waals surface area contributed by atoms with Crippen LogP contribution in [0.2, 0.25) is 0 Å². The first-order chi connectivity index (χ1) is 14.0. The van der Waals surface area contributed by atoms with Crippen molar-refractivity contribution in [1.82, 2.24) is 0 Å². The molecule has 0 spiro atoms. The number of hydrogen-bond acceptors (Lipinski definition) is 7. The number of thiocarbonyl (C=S) groups is 1. The van der Waals surface area contributed by atoms with Gasteiger partial charge in [-0.3, -0.25) is 9.69 Å². The van der Waals surface area contributed by atoms with Crippen molar-refractivity contribution in [3.8, 4) is 5.75 Å². The second-order valence-electron chi connectivity index (χ2n) is 5.88. The lowest BCUT2D eigenvalue weighted by molar-refractivity contribution is -0.145. The van der Waals surface area contributed by atoms with Gasteiger partial charge < -0.3 is 9.47 Å². The van der Waals surface area contributed by atoms with Crippen molar-refractivity contribution < 1.29 is 19.1 Å². The number of anilines is 1. The summed E-state index contributed by atoms with van der Waals surface area (Å²) in [7, 11) is 0. The SMILES string of the molecule is CCOC(=O)COc1ccc(/C=C2\SC(=S)N(c3cccc(SC)c3)C2=O)cc1. The number of hydrogen-bond donors (Lipinski definition) is 0. The highest BCUT2D eigenvalue weighted by atomic mass is 32.2. The molecule has 5 nitrogen and oxygen atoms in total. The minimum absolute atomic E-state index is 0.138. The number of benzene rings is 2. The van der Waals surface area contributed by atoms with Crippen LogP contribution in [-0.2, 0) is 14.3 Å². The first-order valence-electron chi connectivity index (χ1n) is 8.82. The number of ether oxygens (including phenoxy) is 2. The molecule has 2 aromatic rings. The van der Waals surface area contributed by atoms with E-state index in [0.29, 0.717) is 21.6 Å². The van der Waals surface area contributed by atoms with Crippen LogP contribution in [0.15, 0.2) is 58.3 Å². The summed E-state index contributed by atoms with van der Waals surface area (Å²) in [5.74, 6) is 0.00307. The van der Waals surface area contributed by atoms with Gasteiger partial charge in [0.25, 0.3) is 5.91 Å². The Kier molecular flexibility index (Phi) is 7.35. The van der Waals surface area contributed by atoms with E-state index in [2.05, 4.69) is 0 Å². The number of amides is 1. The first-order valence-corrected chi connectivity index (χ1v) is 11.3. The Hall–Kier alpha value is -2.29. The average Bonchev–Trinajstić information content (AvgIpc) is 3.00. The van der Waals surface area contributed by atoms with E-state index in [1.54, 1.807) is 41.8 Å². The number of carbonyl (C=O) groups excluding carboxylic acids is 2. The monoisotopic (exact) mass is 445 g/mol. The molecule has 1 aliphatic rings. The van der Waals surface area contributed by atoms with E-state index in [0.717, 1.165) is 16.1 Å². The van der Waals surface area contributed by atoms with Crippen LogP contribution in [0, 0.1) is 0 Å². The molecule has 0 radical (unpaired) electrons. The third-order valence-corrected chi connectivity index (χ3v) is 5.97. The van der Waals surface area contributed by atoms with E-state index in [1.807, 2.05) is 42.7 Å². The lowest BCUT2D eigenvalue weighted by Crippen LogP contribution is -2.27. The maximum Gasteiger partial charge on any atom is 0.344 e. The maximum absolute atomic E-state index is 12.9. The van der Waals surface area contributed by atoms with Crippen LogP contribution in [0.1, 0.15) is 12.5 Å². The third kappa shape index (κ3) is 5.41. The Morgan fingerprint density at radius 2 is 2.00 bits per heavy atom. The minimum atomic E-state index is -0.411. The molecule has 0 aromatic heterocycles. The normalized spacial score (nSPS) is 15.1. The standard InChI is InChI=1S/C21H19NO4S3/c1-3-25-19(23)13-26-16-9-7-14(8-10-16)11-18-20(24)22(21(27)29-18)15-5-4-6-17(12-15)28-2/h4-12H,3,13H2,1-2H3/b18-11-. The van der Waals surface area contributed by atoms with Gasteiger partial charge in [-0.25, -0.2) is 4.79 Å². The van der Waals surface area contributed by atoms with Crippen molar-refractivity contribution in [2.24, 2.45) is 0 Å². The van der Waals surface area contributed by atoms with Gasteiger partial charge in [-0.1, -0.05) is 42.2 Å². The van der Waals surface area contributed by atoms with Crippen molar-refractivity contribution in [3.05, 3.63) is 59.0 Å². The minimum Gasteiger partial charge on any atom is -0.482 e. The summed E-state index contributed by atoms with van der Waals surface area (Å²) >= 11 is 8.32. The third-order valence-electron chi connectivity index (χ3n) is 3.95. The van der Waals surface area contributed by atoms with Gasteiger partial charge in [0.2, 0.25) is 0 Å². The van der Waals surface area contributed by atoms with Crippen molar-refractivity contribution in [2.75, 3.05) is 24.4 Å². The number of carbonyl (C=O) groups is 2. The Labute approximate surface area is 183 Å². The molecular formula is C21H19NO4S3. The zero-order valence-electron chi connectivity index (χ0n) is 15.9. The van der Waals surface area contributed by atoms with Gasteiger partial charge in [0.1, 0.15) is 5.75 Å². The Morgan fingerprint density at radius 1 is 1.24 bits per heavy atom. The summed E-state index contributed by atoms with van der Waals surface area (Å²) in [6, 6.07) is 14.9. The van der Waals surface area contributed by atoms with E-state index in [4.69, 9.17) is 21.7 Å². The quantitative estimate of drug-likeness (QED) is 0.264. The van der Waals surface area contributed by atoms with E-state index < -0.39 is 5.97 Å². The van der Waals surface area contributed by atoms with Crippen LogP contribution in [0.4, 0.5) is 5.69 Å². The van der Waals surface area contributed by atoms with E-state index in [-0.39, 0.29) is 12.5 Å². The fourth-order valence-corrected chi connectivity index (χ4v) is 4.35. The van der Waals surface area contributed by atoms with Crippen molar-refractivity contribution in [1.29, 1.82) is 0 Å². The van der Waals surface area contributed by atoms with Crippen molar-refractivity contribution in [3.63, 3.8) is 0 Å². The molecule has 8 heteroatoms. The number of esters is 1. The molecule has 0 unspecified atom stereocenters. The summed E-state index contributed by atoms with van der Waals surface area (Å²) < 4.78 is 10.7. The summed E-state index contributed by atoms with van der Waals surface area (Å²) in [4.78, 5) is 27.4. The second kappa shape index (κ2) is 9.96. The number of thioether (sulfide) groups is 2. The van der Waals surface area contributed by atoms with Crippen LogP contribution >= 0.6 is 35.7 Å². The zero-order chi connectivity index (χ0) is 20.8. The molecule has 0 N–H and O–H groups in total. The molecule has 1 saturated heterocycles. The zero-order valence-corrected chi connectivity index (χ0v) is 18.4. The molecule has 0 aliphatic carbocycles. The molecule has 29 heavy (non-hydrogen) atoms. The van der Waals surface area contributed by atoms with E-state index in [1.165, 1.54) is 11.8 Å². The molecule has 3 rings (SSSR count). The van der Waals surface area contributed by atoms with Crippen LogP contribution in [0.25, 0.3) is 6.08 Å². The van der Waals surface area contributed by atoms with Crippen molar-refractivity contribution in [2.45, 2.75) is 11.8 Å². The van der Waals surface area contributed by atoms with Gasteiger partial charge in [0, 0.05) is 4.90 Å². The molecule has 1 fully saturated rings. The molecule has 0 bridgehead atoms. The maximum atomic E-state index is 12.9. The molecule has 2 aromatic carbocycles. The molecular weight excluding hydrogens is 426 g/mol. The predicted octanol–water partition coefficient (Wildman–Crippen LogP) is 4.76. The predicted molar refractivity (Wildman–Crippen MR) is 122 cm³/mol. The van der Waals surface area contributed by atoms with Crippen LogP contribution < -0.4 is 9.64 Å². The molecule has 1 aliphatic heterocycles. The fourth-order valence-electron chi connectivity index (χ4n) is 2.60. The molecule has 1 heterocycles. The molecule has 150 valence electrons. The highest BCUT2D eigenvalue weighted by molar-refractivity contribution is 8.27. The highest BCUT2D eigenvalue weighted by Crippen LogP contribution is 2.37. The molecule has 0 atom stereocenters. The van der Waals surface area contributed by atoms with Gasteiger partial charge >= 0.3 is 5.97 Å². The largest absolute Gasteiger partial charge is 0.482 e. The van der Waals surface area contributed by atoms with Gasteiger partial charge in [0.15, 0.2) is 10.9 Å². The van der Waals surface area contributed by atoms with E-state index in [9.17, 15) is 9.59 Å². The Bertz CT molecular complexity index is 957. The lowest BCUT2D eigenvalue weighted by atomic mass is 10.2. The van der Waals surface area contributed by atoms with Gasteiger partial charge in [-0.15, -0.1) is 11.8 Å². The van der Waals surface area contributed by atoms with Crippen LogP contribution in [-0.4, -0.2) is 35.7 Å². The Morgan fingerprint density at radius 3 is 2.69 bits per heavy atom. The summed E-state index contributed by atoms with van der Waals surface area (Å²) in [5, 5.41) is 0. The van der Waals surface area contributed by atoms with E-state index >= 15 is 0 Å². The Balaban J connectivity index is 1.71. The number of nitrogens with zero attached hydrogens (tertiary/aromatic N) is 1. The summed E-state index contributed by atoms with van der Waals surface area (Å²) in [6.45, 7) is 1.93. The van der Waals surface area contributed by atoms with Crippen LogP contribution in [0.3, 0.4) is 0 Å². The topological polar surface area (TPSA) is 55.8 Å². The fraction of sp³-hybridized carbons (Fsp3) is 0.190. The highest BCUT2D eigenvalue weighted by Gasteiger charge is 2.33. The smallest absolute Gasteiger partial charge is 0.344 e. The second-order valence-corrected chi connectivity index (χ2v) is 8.44. The first kappa shape index (κ1) is 21.4. The lowest BCUT2D eigenvalue weighted by Gasteiger charge is -2.15. The molecule has 0 saturated carbocycles. The summed E-state index contributed by atoms with van der Waals surface area (Å²) in [5.41, 5.74) is 1.61. The number of rotatable bonds is 7. The van der Waals surface area contributed by atoms with Gasteiger partial charge in [0.05, 0.1) is 17.2 Å². The van der Waals surface area contributed by atoms with Gasteiger partial charge in [-0.05, 0) is 55.2 Å². The molecule has 1 amide bonds. The van der Waals surface area contributed by atoms with Crippen molar-refractivity contribution >= 4 is 63.7 Å².